The second-order valence-corrected chi connectivity index (χ2v) is 13.2. The van der Waals surface area contributed by atoms with Crippen LogP contribution < -0.4 is 9.64 Å². The standard InChI is InChI=1S/C16H23BrFNO3Si/c1-23(2,3)7-6-21-11-19-15(20)9-12-8-13(22-5-4-17)10-14(18)16(12)19/h8,10H,4-7,9,11H2,1-3H3. The number of benzene rings is 1. The summed E-state index contributed by atoms with van der Waals surface area (Å²) in [5, 5.41) is 0.668. The van der Waals surface area contributed by atoms with E-state index in [1.165, 1.54) is 11.0 Å². The number of amides is 1. The van der Waals surface area contributed by atoms with Gasteiger partial charge in [-0.25, -0.2) is 4.39 Å². The first kappa shape index (κ1) is 18.4. The number of hydrogen-bond acceptors (Lipinski definition) is 3. The molecule has 23 heavy (non-hydrogen) atoms. The molecule has 0 radical (unpaired) electrons. The molecular weight excluding hydrogens is 381 g/mol. The first-order chi connectivity index (χ1) is 10.8. The summed E-state index contributed by atoms with van der Waals surface area (Å²) in [5.41, 5.74) is 0.988. The van der Waals surface area contributed by atoms with Gasteiger partial charge in [-0.1, -0.05) is 35.6 Å². The van der Waals surface area contributed by atoms with Crippen LogP contribution in [0.4, 0.5) is 10.1 Å². The average Bonchev–Trinajstić information content (AvgIpc) is 2.76. The van der Waals surface area contributed by atoms with Gasteiger partial charge in [0.25, 0.3) is 0 Å². The quantitative estimate of drug-likeness (QED) is 0.376. The lowest BCUT2D eigenvalue weighted by Gasteiger charge is -2.20. The van der Waals surface area contributed by atoms with Crippen LogP contribution in [0, 0.1) is 5.82 Å². The molecule has 1 aliphatic rings. The van der Waals surface area contributed by atoms with Crippen LogP contribution in [0.1, 0.15) is 5.56 Å². The summed E-state index contributed by atoms with van der Waals surface area (Å²) >= 11 is 3.26. The Labute approximate surface area is 146 Å². The second-order valence-electron chi connectivity index (χ2n) is 6.80. The van der Waals surface area contributed by atoms with Crippen LogP contribution in [0.25, 0.3) is 0 Å². The number of halogens is 2. The molecule has 0 saturated heterocycles. The first-order valence-electron chi connectivity index (χ1n) is 7.71. The fraction of sp³-hybridized carbons (Fsp3) is 0.562. The molecule has 1 aliphatic heterocycles. The van der Waals surface area contributed by atoms with Gasteiger partial charge in [0.1, 0.15) is 12.5 Å². The third-order valence-electron chi connectivity index (χ3n) is 3.59. The van der Waals surface area contributed by atoms with E-state index in [0.717, 1.165) is 6.04 Å². The molecule has 0 saturated carbocycles. The van der Waals surface area contributed by atoms with Gasteiger partial charge in [-0.05, 0) is 17.7 Å². The predicted molar refractivity (Wildman–Crippen MR) is 95.9 cm³/mol. The zero-order valence-corrected chi connectivity index (χ0v) is 16.4. The van der Waals surface area contributed by atoms with Gasteiger partial charge in [0, 0.05) is 26.1 Å². The molecular formula is C16H23BrFNO3Si. The van der Waals surface area contributed by atoms with Gasteiger partial charge in [-0.2, -0.15) is 0 Å². The summed E-state index contributed by atoms with van der Waals surface area (Å²) < 4.78 is 25.4. The lowest BCUT2D eigenvalue weighted by atomic mass is 10.1. The van der Waals surface area contributed by atoms with Gasteiger partial charge in [-0.15, -0.1) is 0 Å². The smallest absolute Gasteiger partial charge is 0.233 e. The van der Waals surface area contributed by atoms with E-state index in [0.29, 0.717) is 35.5 Å². The van der Waals surface area contributed by atoms with Crippen LogP contribution in [0.3, 0.4) is 0 Å². The fourth-order valence-corrected chi connectivity index (χ4v) is 3.28. The Morgan fingerprint density at radius 3 is 2.70 bits per heavy atom. The summed E-state index contributed by atoms with van der Waals surface area (Å²) in [7, 11) is -1.18. The van der Waals surface area contributed by atoms with Crippen molar-refractivity contribution in [3.63, 3.8) is 0 Å². The summed E-state index contributed by atoms with van der Waals surface area (Å²) in [6.07, 6.45) is 0.190. The van der Waals surface area contributed by atoms with Gasteiger partial charge >= 0.3 is 0 Å². The molecule has 128 valence electrons. The number of alkyl halides is 1. The molecule has 0 fully saturated rings. The Kier molecular flexibility index (Phi) is 6.22. The molecule has 1 aromatic carbocycles. The van der Waals surface area contributed by atoms with E-state index in [4.69, 9.17) is 9.47 Å². The number of rotatable bonds is 8. The molecule has 1 amide bonds. The number of fused-ring (bicyclic) bond motifs is 1. The van der Waals surface area contributed by atoms with Crippen molar-refractivity contribution in [2.75, 3.05) is 30.2 Å². The van der Waals surface area contributed by atoms with Gasteiger partial charge in [0.2, 0.25) is 5.91 Å². The van der Waals surface area contributed by atoms with Gasteiger partial charge in [-0.3, -0.25) is 9.69 Å². The molecule has 2 rings (SSSR count). The molecule has 0 atom stereocenters. The van der Waals surface area contributed by atoms with Gasteiger partial charge in [0.15, 0.2) is 5.82 Å². The number of hydrogen-bond donors (Lipinski definition) is 0. The SMILES string of the molecule is C[Si](C)(C)CCOCN1C(=O)Cc2cc(OCCBr)cc(F)c21. The van der Waals surface area contributed by atoms with E-state index in [1.807, 2.05) is 0 Å². The molecule has 0 aliphatic carbocycles. The minimum Gasteiger partial charge on any atom is -0.493 e. The predicted octanol–water partition coefficient (Wildman–Crippen LogP) is 3.80. The Morgan fingerprint density at radius 2 is 2.04 bits per heavy atom. The molecule has 0 aromatic heterocycles. The summed E-state index contributed by atoms with van der Waals surface area (Å²) in [5.74, 6) is -0.119. The topological polar surface area (TPSA) is 38.8 Å². The lowest BCUT2D eigenvalue weighted by Crippen LogP contribution is -2.31. The van der Waals surface area contributed by atoms with Crippen LogP contribution in [0.2, 0.25) is 25.7 Å². The van der Waals surface area contributed by atoms with E-state index in [9.17, 15) is 9.18 Å². The minimum atomic E-state index is -1.18. The molecule has 1 aromatic rings. The highest BCUT2D eigenvalue weighted by Gasteiger charge is 2.31. The Morgan fingerprint density at radius 1 is 1.30 bits per heavy atom. The van der Waals surface area contributed by atoms with Crippen molar-refractivity contribution in [1.29, 1.82) is 0 Å². The number of anilines is 1. The maximum absolute atomic E-state index is 14.4. The van der Waals surface area contributed by atoms with Crippen molar-refractivity contribution >= 4 is 35.6 Å². The number of nitrogens with zero attached hydrogens (tertiary/aromatic N) is 1. The molecule has 0 spiro atoms. The molecule has 4 nitrogen and oxygen atoms in total. The Bertz CT molecular complexity index is 577. The number of carbonyl (C=O) groups is 1. The van der Waals surface area contributed by atoms with Crippen molar-refractivity contribution < 1.29 is 18.7 Å². The van der Waals surface area contributed by atoms with Gasteiger partial charge < -0.3 is 9.47 Å². The minimum absolute atomic E-state index is 0.106. The Hall–Kier alpha value is -0.923. The highest BCUT2D eigenvalue weighted by molar-refractivity contribution is 9.09. The van der Waals surface area contributed by atoms with Crippen molar-refractivity contribution in [2.24, 2.45) is 0 Å². The van der Waals surface area contributed by atoms with Crippen molar-refractivity contribution in [3.05, 3.63) is 23.5 Å². The first-order valence-corrected chi connectivity index (χ1v) is 12.5. The largest absolute Gasteiger partial charge is 0.493 e. The zero-order valence-electron chi connectivity index (χ0n) is 13.8. The number of carbonyl (C=O) groups excluding carboxylic acids is 1. The average molecular weight is 404 g/mol. The van der Waals surface area contributed by atoms with Crippen LogP contribution in [-0.2, 0) is 16.0 Å². The van der Waals surface area contributed by atoms with Crippen molar-refractivity contribution in [2.45, 2.75) is 32.1 Å². The van der Waals surface area contributed by atoms with Crippen LogP contribution in [0.15, 0.2) is 12.1 Å². The molecule has 7 heteroatoms. The van der Waals surface area contributed by atoms with Crippen LogP contribution in [-0.4, -0.2) is 39.3 Å². The lowest BCUT2D eigenvalue weighted by molar-refractivity contribution is -0.118. The molecule has 0 bridgehead atoms. The van der Waals surface area contributed by atoms with E-state index in [1.54, 1.807) is 6.07 Å². The highest BCUT2D eigenvalue weighted by atomic mass is 79.9. The zero-order chi connectivity index (χ0) is 17.0. The van der Waals surface area contributed by atoms with Crippen LogP contribution in [0.5, 0.6) is 5.75 Å². The molecule has 0 N–H and O–H groups in total. The van der Waals surface area contributed by atoms with Crippen molar-refractivity contribution in [1.82, 2.24) is 0 Å². The maximum Gasteiger partial charge on any atom is 0.233 e. The normalized spacial score (nSPS) is 14.3. The third kappa shape index (κ3) is 5.02. The molecule has 1 heterocycles. The van der Waals surface area contributed by atoms with Crippen molar-refractivity contribution in [3.8, 4) is 5.75 Å². The van der Waals surface area contributed by atoms with Gasteiger partial charge in [0.05, 0.1) is 18.7 Å². The monoisotopic (exact) mass is 403 g/mol. The van der Waals surface area contributed by atoms with E-state index < -0.39 is 13.9 Å². The van der Waals surface area contributed by atoms with Crippen LogP contribution >= 0.6 is 15.9 Å². The summed E-state index contributed by atoms with van der Waals surface area (Å²) in [6.45, 7) is 7.95. The summed E-state index contributed by atoms with van der Waals surface area (Å²) in [6, 6.07) is 4.08. The molecule has 0 unspecified atom stereocenters. The highest BCUT2D eigenvalue weighted by Crippen LogP contribution is 2.35. The van der Waals surface area contributed by atoms with E-state index in [-0.39, 0.29) is 19.1 Å². The fourth-order valence-electron chi connectivity index (χ4n) is 2.36. The Balaban J connectivity index is 2.04. The second kappa shape index (κ2) is 7.77. The maximum atomic E-state index is 14.4. The summed E-state index contributed by atoms with van der Waals surface area (Å²) in [4.78, 5) is 13.5. The third-order valence-corrected chi connectivity index (χ3v) is 5.62. The van der Waals surface area contributed by atoms with E-state index >= 15 is 0 Å². The number of ether oxygens (including phenoxy) is 2. The van der Waals surface area contributed by atoms with E-state index in [2.05, 4.69) is 35.6 Å².